The highest BCUT2D eigenvalue weighted by atomic mass is 16.6. The molecular weight excluding hydrogens is 256 g/mol. The van der Waals surface area contributed by atoms with Gasteiger partial charge in [-0.05, 0) is 36.5 Å². The highest BCUT2D eigenvalue weighted by Crippen LogP contribution is 2.70. The molecule has 2 saturated heterocycles. The second kappa shape index (κ2) is 2.66. The summed E-state index contributed by atoms with van der Waals surface area (Å²) in [5.74, 6) is 2.32. The molecule has 7 fully saturated rings. The van der Waals surface area contributed by atoms with Gasteiger partial charge in [-0.25, -0.2) is 0 Å². The molecule has 0 spiro atoms. The van der Waals surface area contributed by atoms with Gasteiger partial charge >= 0.3 is 0 Å². The van der Waals surface area contributed by atoms with Gasteiger partial charge in [-0.3, -0.25) is 9.59 Å². The molecule has 0 amide bonds. The summed E-state index contributed by atoms with van der Waals surface area (Å²) in [5, 5.41) is 0. The largest absolute Gasteiger partial charge is 0.369 e. The maximum absolute atomic E-state index is 13.1. The molecule has 0 unspecified atom stereocenters. The standard InChI is InChI=1S/C16H16O4/c17-11-7-3-1-4(14-13(3)19-14)8(7)12(18)10-6-2-5(9(10)11)15-16(6)20-15/h3-10,13-16H,1-2H2/t3-,4-,5-,6+,7-,8+,9+,10+,13+,14+,15+,16+/m0/s1. The van der Waals surface area contributed by atoms with Crippen LogP contribution in [0.25, 0.3) is 0 Å². The number of carbonyl (C=O) groups is 2. The highest BCUT2D eigenvalue weighted by molar-refractivity contribution is 6.02. The number of fused-ring (bicyclic) bond motifs is 16. The molecule has 0 aromatic heterocycles. The molecule has 0 N–H and O–H groups in total. The first-order chi connectivity index (χ1) is 9.75. The van der Waals surface area contributed by atoms with Crippen molar-refractivity contribution < 1.29 is 19.1 Å². The number of Topliss-reactive ketones (excluding diaryl/α,β-unsaturated/α-hetero) is 2. The maximum Gasteiger partial charge on any atom is 0.141 e. The predicted molar refractivity (Wildman–Crippen MR) is 64.5 cm³/mol. The van der Waals surface area contributed by atoms with E-state index < -0.39 is 0 Å². The second-order valence-corrected chi connectivity index (χ2v) is 8.17. The Labute approximate surface area is 116 Å². The minimum atomic E-state index is 0.00838. The van der Waals surface area contributed by atoms with Gasteiger partial charge in [-0.1, -0.05) is 0 Å². The lowest BCUT2D eigenvalue weighted by molar-refractivity contribution is -0.150. The number of ketones is 2. The smallest absolute Gasteiger partial charge is 0.141 e. The minimum Gasteiger partial charge on any atom is -0.369 e. The van der Waals surface area contributed by atoms with Gasteiger partial charge < -0.3 is 9.47 Å². The van der Waals surface area contributed by atoms with Crippen LogP contribution in [0.4, 0.5) is 0 Å². The van der Waals surface area contributed by atoms with E-state index in [4.69, 9.17) is 9.47 Å². The van der Waals surface area contributed by atoms with Gasteiger partial charge in [0.1, 0.15) is 11.6 Å². The Balaban J connectivity index is 1.39. The van der Waals surface area contributed by atoms with Crippen LogP contribution >= 0.6 is 0 Å². The third-order valence-corrected chi connectivity index (χ3v) is 7.83. The molecule has 5 saturated carbocycles. The molecule has 4 bridgehead atoms. The average Bonchev–Trinajstić information content (AvgIpc) is 3.29. The van der Waals surface area contributed by atoms with Crippen molar-refractivity contribution in [1.82, 2.24) is 0 Å². The molecular formula is C16H16O4. The predicted octanol–water partition coefficient (Wildman–Crippen LogP) is 0.437. The Kier molecular flexibility index (Phi) is 1.34. The molecule has 4 nitrogen and oxygen atoms in total. The Morgan fingerprint density at radius 2 is 0.900 bits per heavy atom. The van der Waals surface area contributed by atoms with E-state index in [9.17, 15) is 9.59 Å². The first kappa shape index (κ1) is 10.1. The molecule has 2 aliphatic heterocycles. The van der Waals surface area contributed by atoms with E-state index in [1.807, 2.05) is 0 Å². The lowest BCUT2D eigenvalue weighted by Gasteiger charge is -2.41. The number of hydrogen-bond acceptors (Lipinski definition) is 4. The van der Waals surface area contributed by atoms with Crippen molar-refractivity contribution >= 4 is 11.6 Å². The number of hydrogen-bond donors (Lipinski definition) is 0. The average molecular weight is 272 g/mol. The summed E-state index contributed by atoms with van der Waals surface area (Å²) >= 11 is 0. The number of epoxide rings is 2. The lowest BCUT2D eigenvalue weighted by atomic mass is 9.58. The number of ether oxygens (including phenoxy) is 2. The molecule has 4 heteroatoms. The second-order valence-electron chi connectivity index (χ2n) is 8.17. The Hall–Kier alpha value is -0.740. The summed E-state index contributed by atoms with van der Waals surface area (Å²) in [5.41, 5.74) is 0. The zero-order chi connectivity index (χ0) is 12.9. The van der Waals surface area contributed by atoms with Crippen LogP contribution < -0.4 is 0 Å². The normalized spacial score (nSPS) is 73.4. The molecule has 2 heterocycles. The summed E-state index contributed by atoms with van der Waals surface area (Å²) < 4.78 is 11.4. The van der Waals surface area contributed by atoms with E-state index in [1.54, 1.807) is 0 Å². The fraction of sp³-hybridized carbons (Fsp3) is 0.875. The molecule has 7 rings (SSSR count). The van der Waals surface area contributed by atoms with Crippen LogP contribution in [0.1, 0.15) is 12.8 Å². The van der Waals surface area contributed by atoms with Gasteiger partial charge in [0.2, 0.25) is 0 Å². The Morgan fingerprint density at radius 3 is 1.20 bits per heavy atom. The topological polar surface area (TPSA) is 59.2 Å². The van der Waals surface area contributed by atoms with E-state index in [0.29, 0.717) is 59.7 Å². The van der Waals surface area contributed by atoms with Gasteiger partial charge in [0, 0.05) is 23.7 Å². The fourth-order valence-corrected chi connectivity index (χ4v) is 7.28. The van der Waals surface area contributed by atoms with E-state index in [0.717, 1.165) is 12.8 Å². The number of rotatable bonds is 0. The van der Waals surface area contributed by atoms with Crippen molar-refractivity contribution in [2.75, 3.05) is 0 Å². The van der Waals surface area contributed by atoms with E-state index in [-0.39, 0.29) is 23.7 Å². The first-order valence-electron chi connectivity index (χ1n) is 8.14. The molecule has 0 aromatic carbocycles. The highest BCUT2D eigenvalue weighted by Gasteiger charge is 2.78. The number of carbonyl (C=O) groups excluding carboxylic acids is 2. The van der Waals surface area contributed by atoms with Crippen molar-refractivity contribution in [2.45, 2.75) is 37.3 Å². The zero-order valence-corrected chi connectivity index (χ0v) is 11.0. The molecule has 104 valence electrons. The van der Waals surface area contributed by atoms with Crippen molar-refractivity contribution in [3.63, 3.8) is 0 Å². The summed E-state index contributed by atoms with van der Waals surface area (Å²) in [7, 11) is 0. The Bertz CT molecular complexity index is 503. The molecule has 0 radical (unpaired) electrons. The molecule has 20 heavy (non-hydrogen) atoms. The quantitative estimate of drug-likeness (QED) is 0.600. The minimum absolute atomic E-state index is 0.00838. The van der Waals surface area contributed by atoms with Crippen LogP contribution in [0.5, 0.6) is 0 Å². The van der Waals surface area contributed by atoms with Gasteiger partial charge in [-0.2, -0.15) is 0 Å². The SMILES string of the molecule is O=C1[C@@H]2[C@H]3C[C@H]([C@H]4O[C@H]34)[C@H]2C(=O)[C@H]2[C@@H]3C[C@H]([C@H]4O[C@H]34)[C@@H]12. The van der Waals surface area contributed by atoms with Crippen molar-refractivity contribution in [2.24, 2.45) is 47.3 Å². The monoisotopic (exact) mass is 272 g/mol. The van der Waals surface area contributed by atoms with Crippen LogP contribution in [-0.4, -0.2) is 36.0 Å². The van der Waals surface area contributed by atoms with Crippen LogP contribution in [0.2, 0.25) is 0 Å². The third-order valence-electron chi connectivity index (χ3n) is 7.83. The van der Waals surface area contributed by atoms with E-state index in [2.05, 4.69) is 0 Å². The summed E-state index contributed by atoms with van der Waals surface area (Å²) in [4.78, 5) is 26.2. The molecule has 7 aliphatic rings. The molecule has 12 atom stereocenters. The van der Waals surface area contributed by atoms with Crippen molar-refractivity contribution in [3.05, 3.63) is 0 Å². The van der Waals surface area contributed by atoms with Crippen LogP contribution in [-0.2, 0) is 19.1 Å². The first-order valence-corrected chi connectivity index (χ1v) is 8.14. The van der Waals surface area contributed by atoms with Gasteiger partial charge in [-0.15, -0.1) is 0 Å². The maximum atomic E-state index is 13.1. The fourth-order valence-electron chi connectivity index (χ4n) is 7.28. The van der Waals surface area contributed by atoms with Crippen LogP contribution in [0, 0.1) is 47.3 Å². The molecule has 5 aliphatic carbocycles. The van der Waals surface area contributed by atoms with E-state index >= 15 is 0 Å². The lowest BCUT2D eigenvalue weighted by Crippen LogP contribution is -2.53. The summed E-state index contributed by atoms with van der Waals surface area (Å²) in [6.45, 7) is 0. The van der Waals surface area contributed by atoms with Crippen molar-refractivity contribution in [3.8, 4) is 0 Å². The van der Waals surface area contributed by atoms with Gasteiger partial charge in [0.05, 0.1) is 24.4 Å². The Morgan fingerprint density at radius 1 is 0.600 bits per heavy atom. The summed E-state index contributed by atoms with van der Waals surface area (Å²) in [6.07, 6.45) is 3.41. The summed E-state index contributed by atoms with van der Waals surface area (Å²) in [6, 6.07) is 0. The van der Waals surface area contributed by atoms with Crippen molar-refractivity contribution in [1.29, 1.82) is 0 Å². The van der Waals surface area contributed by atoms with Crippen LogP contribution in [0.3, 0.4) is 0 Å². The van der Waals surface area contributed by atoms with Gasteiger partial charge in [0.25, 0.3) is 0 Å². The van der Waals surface area contributed by atoms with Gasteiger partial charge in [0.15, 0.2) is 0 Å². The van der Waals surface area contributed by atoms with Crippen LogP contribution in [0.15, 0.2) is 0 Å². The molecule has 0 aromatic rings. The third kappa shape index (κ3) is 0.806. The van der Waals surface area contributed by atoms with E-state index in [1.165, 1.54) is 0 Å². The zero-order valence-electron chi connectivity index (χ0n) is 11.0.